The minimum Gasteiger partial charge on any atom is -0.411 e. The molecule has 0 aliphatic heterocycles. The van der Waals surface area contributed by atoms with E-state index in [1.165, 1.54) is 4.90 Å². The quantitative estimate of drug-likeness (QED) is 0.460. The van der Waals surface area contributed by atoms with Crippen LogP contribution in [0, 0.1) is 34.1 Å². The van der Waals surface area contributed by atoms with E-state index in [0.717, 1.165) is 12.3 Å². The van der Waals surface area contributed by atoms with E-state index in [9.17, 15) is 20.2 Å². The van der Waals surface area contributed by atoms with E-state index in [1.54, 1.807) is 0 Å². The van der Waals surface area contributed by atoms with E-state index in [-0.39, 0.29) is 51.6 Å². The molecule has 1 rings (SSSR count). The Balaban J connectivity index is 0.00000289. The molecule has 0 aliphatic rings. The van der Waals surface area contributed by atoms with Gasteiger partial charge in [0.1, 0.15) is 6.20 Å². The van der Waals surface area contributed by atoms with Crippen LogP contribution < -0.4 is 4.90 Å². The van der Waals surface area contributed by atoms with Crippen molar-refractivity contribution < 1.29 is 42.6 Å². The van der Waals surface area contributed by atoms with Gasteiger partial charge in [-0.05, 0) is 0 Å². The first-order valence-corrected chi connectivity index (χ1v) is 4.63. The fraction of sp³-hybridized carbons (Fsp3) is 0.222. The monoisotopic (exact) mass is 327 g/mol. The van der Waals surface area contributed by atoms with Crippen LogP contribution in [0.4, 0.5) is 17.2 Å². The zero-order chi connectivity index (χ0) is 13.0. The maximum absolute atomic E-state index is 10.8. The molecular formula is C9H10N4O4Y-2. The van der Waals surface area contributed by atoms with Gasteiger partial charge in [0.05, 0.1) is 15.9 Å². The van der Waals surface area contributed by atoms with E-state index in [1.807, 2.05) is 0 Å². The van der Waals surface area contributed by atoms with E-state index in [4.69, 9.17) is 0 Å². The maximum Gasteiger partial charge on any atom is 0.318 e. The summed E-state index contributed by atoms with van der Waals surface area (Å²) >= 11 is 0. The molecule has 1 aromatic rings. The summed E-state index contributed by atoms with van der Waals surface area (Å²) in [6.45, 7) is 7.62. The third kappa shape index (κ3) is 3.67. The molecule has 0 unspecified atom stereocenters. The molecule has 8 nitrogen and oxygen atoms in total. The number of aromatic nitrogens is 1. The fourth-order valence-corrected chi connectivity index (χ4v) is 1.24. The van der Waals surface area contributed by atoms with Crippen LogP contribution in [0.3, 0.4) is 0 Å². The summed E-state index contributed by atoms with van der Waals surface area (Å²) < 4.78 is 0. The molecule has 0 amide bonds. The Bertz CT molecular complexity index is 450. The van der Waals surface area contributed by atoms with Crippen molar-refractivity contribution in [3.63, 3.8) is 0 Å². The first kappa shape index (κ1) is 16.9. The molecule has 0 atom stereocenters. The molecule has 0 fully saturated rings. The summed E-state index contributed by atoms with van der Waals surface area (Å²) in [5, 5.41) is 21.3. The van der Waals surface area contributed by atoms with Crippen LogP contribution in [0.2, 0.25) is 0 Å². The van der Waals surface area contributed by atoms with Gasteiger partial charge in [0.25, 0.3) is 5.69 Å². The molecule has 9 heteroatoms. The zero-order valence-corrected chi connectivity index (χ0v) is 12.3. The Morgan fingerprint density at radius 3 is 2.17 bits per heavy atom. The number of hydrogen-bond donors (Lipinski definition) is 0. The van der Waals surface area contributed by atoms with Gasteiger partial charge in [-0.15, -0.1) is 13.1 Å². The van der Waals surface area contributed by atoms with Crippen molar-refractivity contribution in [1.82, 2.24) is 4.98 Å². The molecule has 0 aromatic carbocycles. The number of pyridine rings is 1. The van der Waals surface area contributed by atoms with Gasteiger partial charge in [0.2, 0.25) is 5.82 Å². The minimum atomic E-state index is -0.734. The van der Waals surface area contributed by atoms with Gasteiger partial charge in [-0.2, -0.15) is 0 Å². The fourth-order valence-electron chi connectivity index (χ4n) is 1.24. The average Bonchev–Trinajstić information content (AvgIpc) is 2.30. The van der Waals surface area contributed by atoms with Crippen LogP contribution in [0.15, 0.2) is 12.3 Å². The van der Waals surface area contributed by atoms with Crippen molar-refractivity contribution in [3.8, 4) is 0 Å². The Morgan fingerprint density at radius 2 is 1.78 bits per heavy atom. The second-order valence-corrected chi connectivity index (χ2v) is 3.04. The molecule has 0 aliphatic carbocycles. The number of anilines is 1. The normalized spacial score (nSPS) is 9.44. The van der Waals surface area contributed by atoms with E-state index in [2.05, 4.69) is 18.8 Å². The summed E-state index contributed by atoms with van der Waals surface area (Å²) in [4.78, 5) is 25.0. The van der Waals surface area contributed by atoms with Gasteiger partial charge in [0.15, 0.2) is 0 Å². The molecule has 0 saturated carbocycles. The van der Waals surface area contributed by atoms with Crippen LogP contribution in [0.5, 0.6) is 0 Å². The van der Waals surface area contributed by atoms with Gasteiger partial charge in [-0.3, -0.25) is 20.2 Å². The third-order valence-corrected chi connectivity index (χ3v) is 2.08. The zero-order valence-electron chi connectivity index (χ0n) is 9.48. The van der Waals surface area contributed by atoms with E-state index < -0.39 is 21.2 Å². The molecule has 0 saturated heterocycles. The smallest absolute Gasteiger partial charge is 0.318 e. The molecule has 1 aromatic heterocycles. The minimum absolute atomic E-state index is 0. The maximum atomic E-state index is 10.8. The average molecular weight is 327 g/mol. The molecule has 0 spiro atoms. The SMILES string of the molecule is [CH2-]CN(C[CH2-])c1ncc([N+](=O)[O-])cc1[N+](=O)[O-].[Y]. The summed E-state index contributed by atoms with van der Waals surface area (Å²) in [6, 6.07) is 0.876. The summed E-state index contributed by atoms with van der Waals surface area (Å²) in [5.74, 6) is 0.0330. The van der Waals surface area contributed by atoms with Crippen molar-refractivity contribution >= 4 is 17.2 Å². The van der Waals surface area contributed by atoms with Crippen LogP contribution in [0.1, 0.15) is 0 Å². The second-order valence-electron chi connectivity index (χ2n) is 3.04. The Kier molecular flexibility index (Phi) is 6.86. The van der Waals surface area contributed by atoms with Gasteiger partial charge >= 0.3 is 5.69 Å². The summed E-state index contributed by atoms with van der Waals surface area (Å²) in [6.07, 6.45) is 0.973. The molecular weight excluding hydrogens is 317 g/mol. The topological polar surface area (TPSA) is 102 Å². The van der Waals surface area contributed by atoms with Gasteiger partial charge in [-0.25, -0.2) is 4.98 Å². The molecule has 0 N–H and O–H groups in total. The van der Waals surface area contributed by atoms with Crippen molar-refractivity contribution in [1.29, 1.82) is 0 Å². The first-order chi connectivity index (χ1) is 8.01. The van der Waals surface area contributed by atoms with Crippen LogP contribution in [-0.2, 0) is 32.7 Å². The van der Waals surface area contributed by atoms with Crippen LogP contribution in [0.25, 0.3) is 0 Å². The van der Waals surface area contributed by atoms with Crippen LogP contribution in [-0.4, -0.2) is 27.9 Å². The number of hydrogen-bond acceptors (Lipinski definition) is 6. The summed E-state index contributed by atoms with van der Waals surface area (Å²) in [5.41, 5.74) is -0.847. The van der Waals surface area contributed by atoms with Gasteiger partial charge < -0.3 is 18.7 Å². The second kappa shape index (κ2) is 7.32. The standard InChI is InChI=1S/C9H10N4O4.Y/c1-3-11(4-2)9-8(13(16)17)5-7(6-10-9)12(14)15;/h5-6H,1-4H2;/q-2;. The van der Waals surface area contributed by atoms with Gasteiger partial charge in [-0.1, -0.05) is 0 Å². The Morgan fingerprint density at radius 1 is 1.22 bits per heavy atom. The van der Waals surface area contributed by atoms with E-state index >= 15 is 0 Å². The number of rotatable bonds is 5. The predicted molar refractivity (Wildman–Crippen MR) is 60.5 cm³/mol. The Labute approximate surface area is 129 Å². The molecule has 0 bridgehead atoms. The predicted octanol–water partition coefficient (Wildman–Crippen LogP) is 1.37. The van der Waals surface area contributed by atoms with Crippen molar-refractivity contribution in [3.05, 3.63) is 46.3 Å². The van der Waals surface area contributed by atoms with E-state index in [0.29, 0.717) is 0 Å². The summed E-state index contributed by atoms with van der Waals surface area (Å²) in [7, 11) is 0. The number of nitrogens with zero attached hydrogens (tertiary/aromatic N) is 4. The largest absolute Gasteiger partial charge is 0.411 e. The van der Waals surface area contributed by atoms with Crippen molar-refractivity contribution in [2.75, 3.05) is 18.0 Å². The number of nitro groups is 2. The third-order valence-electron chi connectivity index (χ3n) is 2.08. The Hall–Kier alpha value is -1.15. The molecule has 1 radical (unpaired) electrons. The first-order valence-electron chi connectivity index (χ1n) is 4.63. The van der Waals surface area contributed by atoms with Crippen molar-refractivity contribution in [2.45, 2.75) is 0 Å². The molecule has 95 valence electrons. The van der Waals surface area contributed by atoms with Crippen LogP contribution >= 0.6 is 0 Å². The molecule has 1 heterocycles. The molecule has 18 heavy (non-hydrogen) atoms. The van der Waals surface area contributed by atoms with Gasteiger partial charge in [0, 0.05) is 32.7 Å². The van der Waals surface area contributed by atoms with Crippen molar-refractivity contribution in [2.24, 2.45) is 0 Å².